The molecule has 0 spiro atoms. The maximum Gasteiger partial charge on any atom is 0.182 e. The minimum Gasteiger partial charge on any atom is -0.508 e. The van der Waals surface area contributed by atoms with Crippen LogP contribution in [0.15, 0.2) is 60.7 Å². The summed E-state index contributed by atoms with van der Waals surface area (Å²) in [7, 11) is 0. The van der Waals surface area contributed by atoms with Gasteiger partial charge in [0.25, 0.3) is 0 Å². The van der Waals surface area contributed by atoms with Gasteiger partial charge in [-0.1, -0.05) is 41.9 Å². The molecule has 0 aliphatic carbocycles. The fourth-order valence-electron chi connectivity index (χ4n) is 1.68. The number of carbonyl (C=O) groups is 1. The normalized spacial score (nSPS) is 11.8. The van der Waals surface area contributed by atoms with Gasteiger partial charge in [0, 0.05) is 16.7 Å². The summed E-state index contributed by atoms with van der Waals surface area (Å²) in [6.45, 7) is 0. The van der Waals surface area contributed by atoms with E-state index in [4.69, 9.17) is 16.7 Å². The molecule has 3 nitrogen and oxygen atoms in total. The van der Waals surface area contributed by atoms with Crippen LogP contribution in [0.5, 0.6) is 5.75 Å². The molecule has 0 saturated carbocycles. The van der Waals surface area contributed by atoms with Crippen molar-refractivity contribution >= 4 is 29.2 Å². The molecule has 0 atom stereocenters. The Morgan fingerprint density at radius 2 is 1.81 bits per heavy atom. The number of aliphatic hydroxyl groups excluding tert-OH is 1. The standard InChI is InChI=1S/C17H13ClO3/c18-14-3-1-2-13(10-14)17(21)11-16(20)9-6-12-4-7-15(19)8-5-12/h1-11,19,21H/b9-6+,17-11?. The Hall–Kier alpha value is -2.52. The Morgan fingerprint density at radius 1 is 1.10 bits per heavy atom. The van der Waals surface area contributed by atoms with Crippen molar-refractivity contribution in [2.75, 3.05) is 0 Å². The first-order valence-corrected chi connectivity index (χ1v) is 6.60. The number of halogens is 1. The number of carbonyl (C=O) groups excluding carboxylic acids is 1. The van der Waals surface area contributed by atoms with Crippen molar-refractivity contribution < 1.29 is 15.0 Å². The average molecular weight is 301 g/mol. The first kappa shape index (κ1) is 14.9. The van der Waals surface area contributed by atoms with E-state index in [0.717, 1.165) is 11.6 Å². The first-order chi connectivity index (χ1) is 10.0. The number of ketones is 1. The molecule has 0 heterocycles. The van der Waals surface area contributed by atoms with Crippen molar-refractivity contribution in [2.24, 2.45) is 0 Å². The molecule has 2 aromatic carbocycles. The summed E-state index contributed by atoms with van der Waals surface area (Å²) in [5.74, 6) is -0.324. The molecule has 4 heteroatoms. The number of benzene rings is 2. The van der Waals surface area contributed by atoms with E-state index in [1.165, 1.54) is 18.2 Å². The molecule has 0 fully saturated rings. The fourth-order valence-corrected chi connectivity index (χ4v) is 1.87. The number of rotatable bonds is 4. The van der Waals surface area contributed by atoms with Crippen molar-refractivity contribution in [1.29, 1.82) is 0 Å². The average Bonchev–Trinajstić information content (AvgIpc) is 2.46. The lowest BCUT2D eigenvalue weighted by atomic mass is 10.1. The van der Waals surface area contributed by atoms with E-state index in [2.05, 4.69) is 0 Å². The molecule has 0 radical (unpaired) electrons. The monoisotopic (exact) mass is 300 g/mol. The van der Waals surface area contributed by atoms with E-state index >= 15 is 0 Å². The van der Waals surface area contributed by atoms with Gasteiger partial charge in [0.15, 0.2) is 5.78 Å². The van der Waals surface area contributed by atoms with Crippen LogP contribution >= 0.6 is 11.6 Å². The highest BCUT2D eigenvalue weighted by molar-refractivity contribution is 6.30. The van der Waals surface area contributed by atoms with Gasteiger partial charge in [-0.05, 0) is 35.9 Å². The number of hydrogen-bond donors (Lipinski definition) is 2. The second-order valence-electron chi connectivity index (χ2n) is 4.37. The van der Waals surface area contributed by atoms with Crippen molar-refractivity contribution in [2.45, 2.75) is 0 Å². The number of aromatic hydroxyl groups is 1. The third-order valence-corrected chi connectivity index (χ3v) is 2.97. The van der Waals surface area contributed by atoms with E-state index in [-0.39, 0.29) is 17.3 Å². The highest BCUT2D eigenvalue weighted by Gasteiger charge is 2.02. The number of allylic oxidation sites excluding steroid dienone is 2. The molecular weight excluding hydrogens is 288 g/mol. The fraction of sp³-hybridized carbons (Fsp3) is 0. The maximum atomic E-state index is 11.7. The molecule has 0 bridgehead atoms. The summed E-state index contributed by atoms with van der Waals surface area (Å²) in [5, 5.41) is 19.5. The van der Waals surface area contributed by atoms with Crippen molar-refractivity contribution in [1.82, 2.24) is 0 Å². The van der Waals surface area contributed by atoms with Crippen LogP contribution in [0.3, 0.4) is 0 Å². The lowest BCUT2D eigenvalue weighted by Crippen LogP contribution is -1.90. The van der Waals surface area contributed by atoms with Crippen LogP contribution in [0, 0.1) is 0 Å². The van der Waals surface area contributed by atoms with E-state index in [1.54, 1.807) is 42.5 Å². The van der Waals surface area contributed by atoms with Crippen molar-refractivity contribution in [3.8, 4) is 5.75 Å². The molecule has 21 heavy (non-hydrogen) atoms. The Bertz CT molecular complexity index is 700. The van der Waals surface area contributed by atoms with E-state index < -0.39 is 0 Å². The highest BCUT2D eigenvalue weighted by atomic mass is 35.5. The quantitative estimate of drug-likeness (QED) is 0.656. The number of phenols is 1. The number of hydrogen-bond acceptors (Lipinski definition) is 3. The number of aliphatic hydroxyl groups is 1. The van der Waals surface area contributed by atoms with Crippen LogP contribution in [-0.2, 0) is 4.79 Å². The topological polar surface area (TPSA) is 57.5 Å². The summed E-state index contributed by atoms with van der Waals surface area (Å²) in [6.07, 6.45) is 4.07. The van der Waals surface area contributed by atoms with Crippen molar-refractivity contribution in [3.63, 3.8) is 0 Å². The van der Waals surface area contributed by atoms with Gasteiger partial charge in [-0.2, -0.15) is 0 Å². The second-order valence-corrected chi connectivity index (χ2v) is 4.80. The molecule has 0 aromatic heterocycles. The molecular formula is C17H13ClO3. The Kier molecular flexibility index (Phi) is 4.80. The predicted molar refractivity (Wildman–Crippen MR) is 84.2 cm³/mol. The molecule has 2 aromatic rings. The van der Waals surface area contributed by atoms with E-state index in [1.807, 2.05) is 0 Å². The zero-order valence-corrected chi connectivity index (χ0v) is 11.8. The lowest BCUT2D eigenvalue weighted by molar-refractivity contribution is -0.110. The molecule has 2 rings (SSSR count). The van der Waals surface area contributed by atoms with Gasteiger partial charge in [0.2, 0.25) is 0 Å². The number of phenolic OH excluding ortho intramolecular Hbond substituents is 1. The minimum absolute atomic E-state index is 0.141. The zero-order valence-electron chi connectivity index (χ0n) is 11.0. The van der Waals surface area contributed by atoms with Gasteiger partial charge in [-0.3, -0.25) is 4.79 Å². The Labute approximate surface area is 127 Å². The summed E-state index contributed by atoms with van der Waals surface area (Å²) in [5.41, 5.74) is 1.26. The first-order valence-electron chi connectivity index (χ1n) is 6.22. The van der Waals surface area contributed by atoms with E-state index in [9.17, 15) is 9.90 Å². The second kappa shape index (κ2) is 6.77. The van der Waals surface area contributed by atoms with Crippen LogP contribution in [0.4, 0.5) is 0 Å². The summed E-state index contributed by atoms with van der Waals surface area (Å²) in [6, 6.07) is 13.0. The Balaban J connectivity index is 2.10. The third kappa shape index (κ3) is 4.51. The Morgan fingerprint density at radius 3 is 2.48 bits per heavy atom. The van der Waals surface area contributed by atoms with Crippen molar-refractivity contribution in [3.05, 3.63) is 76.8 Å². The van der Waals surface area contributed by atoms with Gasteiger partial charge in [-0.15, -0.1) is 0 Å². The maximum absolute atomic E-state index is 11.7. The summed E-state index contributed by atoms with van der Waals surface area (Å²) < 4.78 is 0. The van der Waals surface area contributed by atoms with Crippen LogP contribution in [0.2, 0.25) is 5.02 Å². The highest BCUT2D eigenvalue weighted by Crippen LogP contribution is 2.17. The van der Waals surface area contributed by atoms with Gasteiger partial charge in [-0.25, -0.2) is 0 Å². The third-order valence-electron chi connectivity index (χ3n) is 2.73. The van der Waals surface area contributed by atoms with Gasteiger partial charge >= 0.3 is 0 Å². The summed E-state index contributed by atoms with van der Waals surface area (Å²) >= 11 is 5.82. The largest absolute Gasteiger partial charge is 0.508 e. The van der Waals surface area contributed by atoms with E-state index in [0.29, 0.717) is 10.6 Å². The predicted octanol–water partition coefficient (Wildman–Crippen LogP) is 4.23. The molecule has 0 aliphatic heterocycles. The molecule has 0 amide bonds. The van der Waals surface area contributed by atoms with Crippen LogP contribution < -0.4 is 0 Å². The smallest absolute Gasteiger partial charge is 0.182 e. The lowest BCUT2D eigenvalue weighted by Gasteiger charge is -1.99. The van der Waals surface area contributed by atoms with Gasteiger partial charge < -0.3 is 10.2 Å². The SMILES string of the molecule is O=C(C=C(O)c1cccc(Cl)c1)/C=C/c1ccc(O)cc1. The van der Waals surface area contributed by atoms with Gasteiger partial charge in [0.1, 0.15) is 11.5 Å². The molecule has 0 aliphatic rings. The minimum atomic E-state index is -0.347. The molecule has 0 unspecified atom stereocenters. The van der Waals surface area contributed by atoms with Gasteiger partial charge in [0.05, 0.1) is 0 Å². The summed E-state index contributed by atoms with van der Waals surface area (Å²) in [4.78, 5) is 11.7. The molecule has 2 N–H and O–H groups in total. The van der Waals surface area contributed by atoms with Crippen LogP contribution in [-0.4, -0.2) is 16.0 Å². The molecule has 0 saturated heterocycles. The van der Waals surface area contributed by atoms with Crippen LogP contribution in [0.1, 0.15) is 11.1 Å². The van der Waals surface area contributed by atoms with Crippen LogP contribution in [0.25, 0.3) is 11.8 Å². The zero-order chi connectivity index (χ0) is 15.2. The molecule has 106 valence electrons.